The second-order valence-corrected chi connectivity index (χ2v) is 7.03. The van der Waals surface area contributed by atoms with Crippen molar-refractivity contribution in [2.45, 2.75) is 6.42 Å². The van der Waals surface area contributed by atoms with Gasteiger partial charge in [-0.1, -0.05) is 29.5 Å². The Hall–Kier alpha value is -3.86. The Kier molecular flexibility index (Phi) is 6.65. The fourth-order valence-corrected chi connectivity index (χ4v) is 3.28. The van der Waals surface area contributed by atoms with Crippen LogP contribution in [0.3, 0.4) is 0 Å². The minimum atomic E-state index is -0.642. The number of hydrogen-bond donors (Lipinski definition) is 2. The molecular weight excluding hydrogens is 410 g/mol. The molecule has 0 aliphatic carbocycles. The summed E-state index contributed by atoms with van der Waals surface area (Å²) in [7, 11) is 1.53. The van der Waals surface area contributed by atoms with Gasteiger partial charge in [0.25, 0.3) is 17.5 Å². The molecule has 0 unspecified atom stereocenters. The number of nitrogens with zero attached hydrogens (tertiary/aromatic N) is 3. The molecule has 1 heterocycles. The monoisotopic (exact) mass is 427 g/mol. The second-order valence-electron chi connectivity index (χ2n) is 5.97. The molecule has 0 bridgehead atoms. The molecule has 0 aliphatic heterocycles. The summed E-state index contributed by atoms with van der Waals surface area (Å²) in [6.45, 7) is 0.322. The molecule has 0 spiro atoms. The lowest BCUT2D eigenvalue weighted by Crippen LogP contribution is -2.25. The Balaban J connectivity index is 1.55. The van der Waals surface area contributed by atoms with E-state index in [-0.39, 0.29) is 22.3 Å². The van der Waals surface area contributed by atoms with Crippen LogP contribution in [0.15, 0.2) is 48.5 Å². The van der Waals surface area contributed by atoms with Crippen molar-refractivity contribution < 1.29 is 19.2 Å². The molecule has 3 aromatic rings. The molecular formula is C19H17N5O5S. The van der Waals surface area contributed by atoms with Crippen molar-refractivity contribution in [2.75, 3.05) is 19.0 Å². The molecule has 30 heavy (non-hydrogen) atoms. The molecule has 0 aliphatic rings. The van der Waals surface area contributed by atoms with Crippen LogP contribution in [0.2, 0.25) is 0 Å². The lowest BCUT2D eigenvalue weighted by Gasteiger charge is -2.05. The number of rotatable bonds is 8. The number of nitro groups is 1. The molecule has 0 saturated heterocycles. The molecule has 2 N–H and O–H groups in total. The normalized spacial score (nSPS) is 10.3. The third kappa shape index (κ3) is 5.14. The van der Waals surface area contributed by atoms with E-state index in [2.05, 4.69) is 20.8 Å². The summed E-state index contributed by atoms with van der Waals surface area (Å²) in [5, 5.41) is 25.0. The van der Waals surface area contributed by atoms with Crippen molar-refractivity contribution in [2.24, 2.45) is 0 Å². The number of para-hydroxylation sites is 1. The zero-order valence-corrected chi connectivity index (χ0v) is 16.6. The quantitative estimate of drug-likeness (QED) is 0.416. The van der Waals surface area contributed by atoms with E-state index in [1.54, 1.807) is 30.3 Å². The number of benzene rings is 2. The number of methoxy groups -OCH3 is 1. The SMILES string of the molecule is COc1cccc(C(=O)NCCc2nnc(NC(=O)c3ccccc3[N+](=O)[O-])s2)c1. The van der Waals surface area contributed by atoms with Crippen LogP contribution in [-0.4, -0.2) is 40.6 Å². The lowest BCUT2D eigenvalue weighted by molar-refractivity contribution is -0.385. The van der Waals surface area contributed by atoms with Crippen LogP contribution in [0.4, 0.5) is 10.8 Å². The van der Waals surface area contributed by atoms with Gasteiger partial charge in [0.2, 0.25) is 5.13 Å². The first-order valence-electron chi connectivity index (χ1n) is 8.77. The third-order valence-electron chi connectivity index (χ3n) is 3.99. The zero-order valence-electron chi connectivity index (χ0n) is 15.8. The Bertz CT molecular complexity index is 1080. The maximum atomic E-state index is 12.3. The first-order valence-corrected chi connectivity index (χ1v) is 9.59. The smallest absolute Gasteiger partial charge is 0.282 e. The average Bonchev–Trinajstić information content (AvgIpc) is 3.20. The summed E-state index contributed by atoms with van der Waals surface area (Å²) in [4.78, 5) is 34.9. The van der Waals surface area contributed by atoms with Crippen LogP contribution in [0, 0.1) is 10.1 Å². The number of nitro benzene ring substituents is 1. The van der Waals surface area contributed by atoms with Gasteiger partial charge in [0.05, 0.1) is 12.0 Å². The number of hydrogen-bond acceptors (Lipinski definition) is 8. The predicted molar refractivity (Wildman–Crippen MR) is 110 cm³/mol. The number of anilines is 1. The van der Waals surface area contributed by atoms with Crippen molar-refractivity contribution in [3.05, 3.63) is 74.8 Å². The van der Waals surface area contributed by atoms with Crippen molar-refractivity contribution in [3.8, 4) is 5.75 Å². The van der Waals surface area contributed by atoms with Gasteiger partial charge >= 0.3 is 0 Å². The minimum absolute atomic E-state index is 0.0650. The number of amides is 2. The fraction of sp³-hybridized carbons (Fsp3) is 0.158. The molecule has 1 aromatic heterocycles. The Morgan fingerprint density at radius 3 is 2.70 bits per heavy atom. The van der Waals surface area contributed by atoms with E-state index in [0.29, 0.717) is 29.3 Å². The number of aromatic nitrogens is 2. The number of ether oxygens (including phenoxy) is 1. The summed E-state index contributed by atoms with van der Waals surface area (Å²) >= 11 is 1.13. The van der Waals surface area contributed by atoms with Gasteiger partial charge < -0.3 is 10.1 Å². The highest BCUT2D eigenvalue weighted by Crippen LogP contribution is 2.21. The Morgan fingerprint density at radius 1 is 1.13 bits per heavy atom. The summed E-state index contributed by atoms with van der Waals surface area (Å²) in [6.07, 6.45) is 0.411. The van der Waals surface area contributed by atoms with Crippen LogP contribution in [-0.2, 0) is 6.42 Å². The molecule has 3 rings (SSSR count). The van der Waals surface area contributed by atoms with E-state index in [1.807, 2.05) is 0 Å². The van der Waals surface area contributed by atoms with Crippen molar-refractivity contribution in [3.63, 3.8) is 0 Å². The number of carbonyl (C=O) groups is 2. The summed E-state index contributed by atoms with van der Waals surface area (Å²) < 4.78 is 5.10. The van der Waals surface area contributed by atoms with Gasteiger partial charge in [0, 0.05) is 24.6 Å². The topological polar surface area (TPSA) is 136 Å². The Labute approximate surface area is 175 Å². The highest BCUT2D eigenvalue weighted by atomic mass is 32.1. The first-order chi connectivity index (χ1) is 14.5. The van der Waals surface area contributed by atoms with Crippen LogP contribution in [0.5, 0.6) is 5.75 Å². The molecule has 0 fully saturated rings. The fourth-order valence-electron chi connectivity index (χ4n) is 2.54. The van der Waals surface area contributed by atoms with Crippen LogP contribution >= 0.6 is 11.3 Å². The second kappa shape index (κ2) is 9.56. The van der Waals surface area contributed by atoms with Gasteiger partial charge in [-0.15, -0.1) is 10.2 Å². The van der Waals surface area contributed by atoms with Gasteiger partial charge in [-0.3, -0.25) is 25.0 Å². The molecule has 11 heteroatoms. The highest BCUT2D eigenvalue weighted by molar-refractivity contribution is 7.15. The molecule has 2 aromatic carbocycles. The molecule has 0 atom stereocenters. The highest BCUT2D eigenvalue weighted by Gasteiger charge is 2.20. The maximum absolute atomic E-state index is 12.3. The maximum Gasteiger partial charge on any atom is 0.282 e. The van der Waals surface area contributed by atoms with Gasteiger partial charge in [-0.25, -0.2) is 0 Å². The van der Waals surface area contributed by atoms with Crippen molar-refractivity contribution in [1.29, 1.82) is 0 Å². The predicted octanol–water partition coefficient (Wildman–Crippen LogP) is 2.68. The van der Waals surface area contributed by atoms with Gasteiger partial charge in [0.1, 0.15) is 16.3 Å². The largest absolute Gasteiger partial charge is 0.497 e. The van der Waals surface area contributed by atoms with E-state index < -0.39 is 10.8 Å². The molecule has 2 amide bonds. The van der Waals surface area contributed by atoms with Gasteiger partial charge in [0.15, 0.2) is 0 Å². The summed E-state index contributed by atoms with van der Waals surface area (Å²) in [5.74, 6) is -0.300. The lowest BCUT2D eigenvalue weighted by atomic mass is 10.1. The van der Waals surface area contributed by atoms with Crippen molar-refractivity contribution in [1.82, 2.24) is 15.5 Å². The van der Waals surface area contributed by atoms with Crippen LogP contribution < -0.4 is 15.4 Å². The number of carbonyl (C=O) groups excluding carboxylic acids is 2. The molecule has 154 valence electrons. The van der Waals surface area contributed by atoms with E-state index in [4.69, 9.17) is 4.74 Å². The minimum Gasteiger partial charge on any atom is -0.497 e. The van der Waals surface area contributed by atoms with E-state index >= 15 is 0 Å². The Morgan fingerprint density at radius 2 is 1.93 bits per heavy atom. The number of nitrogens with one attached hydrogen (secondary N) is 2. The van der Waals surface area contributed by atoms with E-state index in [1.165, 1.54) is 25.3 Å². The summed E-state index contributed by atoms with van der Waals surface area (Å²) in [5.41, 5.74) is 0.119. The zero-order chi connectivity index (χ0) is 21.5. The van der Waals surface area contributed by atoms with Crippen LogP contribution in [0.1, 0.15) is 25.7 Å². The van der Waals surface area contributed by atoms with E-state index in [0.717, 1.165) is 11.3 Å². The van der Waals surface area contributed by atoms with Gasteiger partial charge in [-0.2, -0.15) is 0 Å². The molecule has 10 nitrogen and oxygen atoms in total. The first kappa shape index (κ1) is 20.9. The molecule has 0 radical (unpaired) electrons. The standard InChI is InChI=1S/C19H17N5O5S/c1-29-13-6-4-5-12(11-13)17(25)20-10-9-16-22-23-19(30-16)21-18(26)14-7-2-3-8-15(14)24(27)28/h2-8,11H,9-10H2,1H3,(H,20,25)(H,21,23,26). The summed E-state index contributed by atoms with van der Waals surface area (Å²) in [6, 6.07) is 12.4. The molecule has 0 saturated carbocycles. The average molecular weight is 427 g/mol. The van der Waals surface area contributed by atoms with Crippen LogP contribution in [0.25, 0.3) is 0 Å². The van der Waals surface area contributed by atoms with Gasteiger partial charge in [-0.05, 0) is 24.3 Å². The van der Waals surface area contributed by atoms with Crippen molar-refractivity contribution >= 4 is 34.0 Å². The third-order valence-corrected chi connectivity index (χ3v) is 4.89. The van der Waals surface area contributed by atoms with E-state index in [9.17, 15) is 19.7 Å².